The molecule has 1 aliphatic heterocycles. The minimum absolute atomic E-state index is 0.0824. The predicted octanol–water partition coefficient (Wildman–Crippen LogP) is 0.0117. The minimum atomic E-state index is -0.290. The van der Waals surface area contributed by atoms with Gasteiger partial charge in [-0.1, -0.05) is 5.16 Å². The third-order valence-electron chi connectivity index (χ3n) is 2.97. The summed E-state index contributed by atoms with van der Waals surface area (Å²) in [6.07, 6.45) is 3.68. The lowest BCUT2D eigenvalue weighted by Crippen LogP contribution is -2.26. The van der Waals surface area contributed by atoms with Gasteiger partial charge in [0.1, 0.15) is 6.10 Å². The molecule has 1 saturated heterocycles. The zero-order chi connectivity index (χ0) is 13.8. The van der Waals surface area contributed by atoms with Crippen LogP contribution < -0.4 is 5.32 Å². The molecule has 0 spiro atoms. The summed E-state index contributed by atoms with van der Waals surface area (Å²) in [4.78, 5) is 15.9. The van der Waals surface area contributed by atoms with Crippen LogP contribution in [-0.4, -0.2) is 44.6 Å². The van der Waals surface area contributed by atoms with Gasteiger partial charge in [0.2, 0.25) is 0 Å². The van der Waals surface area contributed by atoms with Crippen molar-refractivity contribution in [3.05, 3.63) is 23.6 Å². The van der Waals surface area contributed by atoms with E-state index in [-0.39, 0.29) is 17.7 Å². The van der Waals surface area contributed by atoms with Crippen LogP contribution in [0.1, 0.15) is 41.1 Å². The highest BCUT2D eigenvalue weighted by atomic mass is 16.5. The molecule has 20 heavy (non-hydrogen) atoms. The molecule has 0 aromatic carbocycles. The Morgan fingerprint density at radius 1 is 1.55 bits per heavy atom. The van der Waals surface area contributed by atoms with Crippen molar-refractivity contribution in [1.82, 2.24) is 30.9 Å². The second kappa shape index (κ2) is 5.78. The van der Waals surface area contributed by atoms with Gasteiger partial charge in [0.05, 0.1) is 6.20 Å². The number of aromatic nitrogens is 5. The number of aromatic amines is 1. The lowest BCUT2D eigenvalue weighted by Gasteiger charge is -2.01. The maximum Gasteiger partial charge on any atom is 0.273 e. The number of nitrogens with one attached hydrogen (secondary N) is 2. The third-order valence-corrected chi connectivity index (χ3v) is 2.97. The number of H-pyrrole nitrogens is 1. The first-order valence-electron chi connectivity index (χ1n) is 6.41. The highest BCUT2D eigenvalue weighted by molar-refractivity contribution is 5.91. The number of nitrogens with zero attached hydrogens (tertiary/aromatic N) is 4. The van der Waals surface area contributed by atoms with E-state index in [4.69, 9.17) is 9.26 Å². The number of rotatable bonds is 5. The van der Waals surface area contributed by atoms with Crippen molar-refractivity contribution in [2.24, 2.45) is 0 Å². The van der Waals surface area contributed by atoms with Crippen molar-refractivity contribution in [2.45, 2.75) is 25.4 Å². The molecule has 0 unspecified atom stereocenters. The number of ether oxygens (including phenoxy) is 1. The average Bonchev–Trinajstić information content (AvgIpc) is 3.20. The Bertz CT molecular complexity index is 560. The molecule has 3 rings (SSSR count). The molecule has 9 nitrogen and oxygen atoms in total. The monoisotopic (exact) mass is 278 g/mol. The van der Waals surface area contributed by atoms with Gasteiger partial charge in [-0.25, -0.2) is 0 Å². The van der Waals surface area contributed by atoms with Crippen molar-refractivity contribution in [3.8, 4) is 0 Å². The first-order chi connectivity index (χ1) is 9.83. The van der Waals surface area contributed by atoms with Crippen molar-refractivity contribution in [2.75, 3.05) is 13.2 Å². The van der Waals surface area contributed by atoms with Crippen LogP contribution in [0.5, 0.6) is 0 Å². The molecule has 1 aliphatic rings. The highest BCUT2D eigenvalue weighted by Crippen LogP contribution is 2.26. The van der Waals surface area contributed by atoms with Gasteiger partial charge in [-0.2, -0.15) is 20.4 Å². The fraction of sp³-hybridized carbons (Fsp3) is 0.545. The summed E-state index contributed by atoms with van der Waals surface area (Å²) in [5.74, 6) is 0.776. The molecule has 2 aromatic rings. The van der Waals surface area contributed by atoms with Crippen LogP contribution in [0.3, 0.4) is 0 Å². The molecule has 0 bridgehead atoms. The molecule has 2 aromatic heterocycles. The number of hydrogen-bond donors (Lipinski definition) is 2. The molecule has 2 N–H and O–H groups in total. The molecule has 106 valence electrons. The van der Waals surface area contributed by atoms with E-state index in [2.05, 4.69) is 30.9 Å². The summed E-state index contributed by atoms with van der Waals surface area (Å²) in [6.45, 7) is 1.13. The summed E-state index contributed by atoms with van der Waals surface area (Å²) < 4.78 is 10.6. The van der Waals surface area contributed by atoms with Crippen molar-refractivity contribution in [1.29, 1.82) is 0 Å². The van der Waals surface area contributed by atoms with E-state index in [1.807, 2.05) is 0 Å². The normalized spacial score (nSPS) is 18.3. The van der Waals surface area contributed by atoms with Crippen LogP contribution >= 0.6 is 0 Å². The lowest BCUT2D eigenvalue weighted by molar-refractivity contribution is 0.0835. The zero-order valence-corrected chi connectivity index (χ0v) is 10.7. The Morgan fingerprint density at radius 2 is 2.50 bits per heavy atom. The second-order valence-electron chi connectivity index (χ2n) is 4.41. The number of carbonyl (C=O) groups is 1. The molecule has 1 fully saturated rings. The molecule has 0 aliphatic carbocycles. The molecule has 0 saturated carbocycles. The molecular formula is C11H14N6O3. The molecule has 3 heterocycles. The summed E-state index contributed by atoms with van der Waals surface area (Å²) >= 11 is 0. The van der Waals surface area contributed by atoms with E-state index >= 15 is 0 Å². The largest absolute Gasteiger partial charge is 0.368 e. The highest BCUT2D eigenvalue weighted by Gasteiger charge is 2.23. The number of carbonyl (C=O) groups excluding carboxylic acids is 1. The maximum atomic E-state index is 11.6. The average molecular weight is 278 g/mol. The van der Waals surface area contributed by atoms with Gasteiger partial charge in [-0.05, 0) is 12.8 Å². The first kappa shape index (κ1) is 12.7. The Labute approximate surface area is 114 Å². The first-order valence-corrected chi connectivity index (χ1v) is 6.41. The van der Waals surface area contributed by atoms with Crippen LogP contribution in [0.2, 0.25) is 0 Å². The van der Waals surface area contributed by atoms with E-state index in [9.17, 15) is 4.79 Å². The van der Waals surface area contributed by atoms with Gasteiger partial charge >= 0.3 is 0 Å². The second-order valence-corrected chi connectivity index (χ2v) is 4.41. The van der Waals surface area contributed by atoms with Crippen LogP contribution in [0, 0.1) is 0 Å². The van der Waals surface area contributed by atoms with E-state index in [0.29, 0.717) is 24.7 Å². The van der Waals surface area contributed by atoms with Crippen molar-refractivity contribution < 1.29 is 14.1 Å². The Balaban J connectivity index is 1.48. The van der Waals surface area contributed by atoms with Crippen molar-refractivity contribution in [3.63, 3.8) is 0 Å². The van der Waals surface area contributed by atoms with E-state index in [1.54, 1.807) is 0 Å². The molecule has 9 heteroatoms. The van der Waals surface area contributed by atoms with Crippen molar-refractivity contribution >= 4 is 5.91 Å². The summed E-state index contributed by atoms with van der Waals surface area (Å²) in [5, 5.41) is 16.2. The number of hydrogen-bond acceptors (Lipinski definition) is 7. The smallest absolute Gasteiger partial charge is 0.273 e. The summed E-state index contributed by atoms with van der Waals surface area (Å²) in [5.41, 5.74) is 0.248. The fourth-order valence-electron chi connectivity index (χ4n) is 1.96. The number of amides is 1. The van der Waals surface area contributed by atoms with Crippen LogP contribution in [0.15, 0.2) is 10.7 Å². The SMILES string of the molecule is O=C(NCCc1noc([C@@H]2CCCO2)n1)c1cn[nH]n1. The molecule has 1 atom stereocenters. The Morgan fingerprint density at radius 3 is 3.25 bits per heavy atom. The third kappa shape index (κ3) is 2.82. The van der Waals surface area contributed by atoms with Gasteiger partial charge in [0, 0.05) is 19.6 Å². The standard InChI is InChI=1S/C11H14N6O3/c18-10(7-6-13-17-15-7)12-4-3-9-14-11(20-16-9)8-2-1-5-19-8/h6,8H,1-5H2,(H,12,18)(H,13,15,17)/t8-/m0/s1. The predicted molar refractivity (Wildman–Crippen MR) is 64.6 cm³/mol. The summed E-state index contributed by atoms with van der Waals surface area (Å²) in [7, 11) is 0. The quantitative estimate of drug-likeness (QED) is 0.790. The van der Waals surface area contributed by atoms with Gasteiger partial charge in [0.15, 0.2) is 11.5 Å². The zero-order valence-electron chi connectivity index (χ0n) is 10.7. The topological polar surface area (TPSA) is 119 Å². The van der Waals surface area contributed by atoms with Crippen LogP contribution in [0.25, 0.3) is 0 Å². The Hall–Kier alpha value is -2.29. The van der Waals surface area contributed by atoms with Gasteiger partial charge in [-0.3, -0.25) is 4.79 Å². The lowest BCUT2D eigenvalue weighted by atomic mass is 10.2. The fourth-order valence-corrected chi connectivity index (χ4v) is 1.96. The van der Waals surface area contributed by atoms with Gasteiger partial charge < -0.3 is 14.6 Å². The van der Waals surface area contributed by atoms with Gasteiger partial charge in [-0.15, -0.1) is 0 Å². The maximum absolute atomic E-state index is 11.6. The molecule has 1 amide bonds. The van der Waals surface area contributed by atoms with E-state index < -0.39 is 0 Å². The molecule has 0 radical (unpaired) electrons. The van der Waals surface area contributed by atoms with Crippen LogP contribution in [-0.2, 0) is 11.2 Å². The van der Waals surface area contributed by atoms with Crippen LogP contribution in [0.4, 0.5) is 0 Å². The minimum Gasteiger partial charge on any atom is -0.368 e. The van der Waals surface area contributed by atoms with Gasteiger partial charge in [0.25, 0.3) is 11.8 Å². The summed E-state index contributed by atoms with van der Waals surface area (Å²) in [6, 6.07) is 0. The van der Waals surface area contributed by atoms with E-state index in [1.165, 1.54) is 6.20 Å². The Kier molecular flexibility index (Phi) is 3.68. The van der Waals surface area contributed by atoms with E-state index in [0.717, 1.165) is 19.4 Å². The molecular weight excluding hydrogens is 264 g/mol.